The van der Waals surface area contributed by atoms with Gasteiger partial charge in [0.1, 0.15) is 0 Å². The van der Waals surface area contributed by atoms with E-state index >= 15 is 0 Å². The lowest BCUT2D eigenvalue weighted by molar-refractivity contribution is 0.857. The lowest BCUT2D eigenvalue weighted by Crippen LogP contribution is -2.09. The first kappa shape index (κ1) is 10.8. The Labute approximate surface area is 98.7 Å². The average molecular weight is 235 g/mol. The summed E-state index contributed by atoms with van der Waals surface area (Å²) in [7, 11) is 0. The minimum Gasteiger partial charge on any atom is -0.348 e. The quantitative estimate of drug-likeness (QED) is 0.887. The Morgan fingerprint density at radius 1 is 1.19 bits per heavy atom. The zero-order valence-corrected chi connectivity index (χ0v) is 9.52. The Bertz CT molecular complexity index is 443. The van der Waals surface area contributed by atoms with Gasteiger partial charge in [0.15, 0.2) is 0 Å². The third-order valence-corrected chi connectivity index (χ3v) is 2.37. The van der Waals surface area contributed by atoms with Crippen LogP contribution in [-0.2, 0) is 0 Å². The van der Waals surface area contributed by atoms with E-state index in [1.54, 1.807) is 24.8 Å². The van der Waals surface area contributed by atoms with Gasteiger partial charge < -0.3 is 5.32 Å². The van der Waals surface area contributed by atoms with Crippen molar-refractivity contribution in [2.24, 2.45) is 0 Å². The smallest absolute Gasteiger partial charge is 0.223 e. The third-order valence-electron chi connectivity index (χ3n) is 2.17. The lowest BCUT2D eigenvalue weighted by Gasteiger charge is -2.13. The SMILES string of the molecule is CC(Nc1ncc(Cl)cn1)c1ccncc1. The van der Waals surface area contributed by atoms with Gasteiger partial charge in [-0.3, -0.25) is 4.98 Å². The van der Waals surface area contributed by atoms with Gasteiger partial charge in [0.25, 0.3) is 0 Å². The first-order chi connectivity index (χ1) is 7.75. The monoisotopic (exact) mass is 234 g/mol. The third kappa shape index (κ3) is 2.67. The van der Waals surface area contributed by atoms with Crippen molar-refractivity contribution in [3.63, 3.8) is 0 Å². The van der Waals surface area contributed by atoms with Crippen LogP contribution in [0.2, 0.25) is 5.02 Å². The highest BCUT2D eigenvalue weighted by Crippen LogP contribution is 2.15. The molecule has 0 spiro atoms. The summed E-state index contributed by atoms with van der Waals surface area (Å²) < 4.78 is 0. The van der Waals surface area contributed by atoms with E-state index in [0.717, 1.165) is 5.56 Å². The van der Waals surface area contributed by atoms with Crippen LogP contribution >= 0.6 is 11.6 Å². The number of aromatic nitrogens is 3. The van der Waals surface area contributed by atoms with Crippen molar-refractivity contribution in [3.05, 3.63) is 47.5 Å². The molecule has 1 atom stereocenters. The van der Waals surface area contributed by atoms with Crippen LogP contribution in [0.5, 0.6) is 0 Å². The van der Waals surface area contributed by atoms with Crippen LogP contribution in [0.25, 0.3) is 0 Å². The van der Waals surface area contributed by atoms with E-state index in [9.17, 15) is 0 Å². The van der Waals surface area contributed by atoms with E-state index in [4.69, 9.17) is 11.6 Å². The van der Waals surface area contributed by atoms with Crippen molar-refractivity contribution in [1.82, 2.24) is 15.0 Å². The second kappa shape index (κ2) is 4.90. The Morgan fingerprint density at radius 3 is 2.44 bits per heavy atom. The zero-order chi connectivity index (χ0) is 11.4. The van der Waals surface area contributed by atoms with Crippen LogP contribution in [0.1, 0.15) is 18.5 Å². The van der Waals surface area contributed by atoms with Gasteiger partial charge in [-0.15, -0.1) is 0 Å². The Hall–Kier alpha value is -1.68. The number of anilines is 1. The molecule has 4 nitrogen and oxygen atoms in total. The number of hydrogen-bond acceptors (Lipinski definition) is 4. The van der Waals surface area contributed by atoms with Crippen LogP contribution in [-0.4, -0.2) is 15.0 Å². The molecule has 0 saturated carbocycles. The molecule has 0 fully saturated rings. The molecule has 0 bridgehead atoms. The topological polar surface area (TPSA) is 50.7 Å². The van der Waals surface area contributed by atoms with E-state index < -0.39 is 0 Å². The highest BCUT2D eigenvalue weighted by molar-refractivity contribution is 6.30. The first-order valence-electron chi connectivity index (χ1n) is 4.90. The van der Waals surface area contributed by atoms with Gasteiger partial charge in [0.2, 0.25) is 5.95 Å². The van der Waals surface area contributed by atoms with E-state index in [0.29, 0.717) is 11.0 Å². The van der Waals surface area contributed by atoms with Crippen LogP contribution in [0, 0.1) is 0 Å². The number of nitrogens with zero attached hydrogens (tertiary/aromatic N) is 3. The Kier molecular flexibility index (Phi) is 3.31. The van der Waals surface area contributed by atoms with E-state index in [1.165, 1.54) is 0 Å². The molecule has 16 heavy (non-hydrogen) atoms. The maximum absolute atomic E-state index is 5.70. The van der Waals surface area contributed by atoms with Crippen LogP contribution < -0.4 is 5.32 Å². The number of rotatable bonds is 3. The van der Waals surface area contributed by atoms with Gasteiger partial charge in [0.05, 0.1) is 23.5 Å². The minimum atomic E-state index is 0.129. The average Bonchev–Trinajstić information content (AvgIpc) is 2.33. The predicted octanol–water partition coefficient (Wildman–Crippen LogP) is 2.70. The van der Waals surface area contributed by atoms with Gasteiger partial charge in [-0.05, 0) is 24.6 Å². The normalized spacial score (nSPS) is 12.1. The standard InChI is InChI=1S/C11H11ClN4/c1-8(9-2-4-13-5-3-9)16-11-14-6-10(12)7-15-11/h2-8H,1H3,(H,14,15,16). The number of halogens is 1. The molecule has 2 aromatic rings. The first-order valence-corrected chi connectivity index (χ1v) is 5.27. The summed E-state index contributed by atoms with van der Waals surface area (Å²) in [5.41, 5.74) is 1.13. The van der Waals surface area contributed by atoms with Crippen molar-refractivity contribution in [2.45, 2.75) is 13.0 Å². The molecule has 0 amide bonds. The number of hydrogen-bond donors (Lipinski definition) is 1. The van der Waals surface area contributed by atoms with Crippen molar-refractivity contribution in [1.29, 1.82) is 0 Å². The lowest BCUT2D eigenvalue weighted by atomic mass is 10.1. The van der Waals surface area contributed by atoms with Crippen LogP contribution in [0.3, 0.4) is 0 Å². The summed E-state index contributed by atoms with van der Waals surface area (Å²) >= 11 is 5.70. The van der Waals surface area contributed by atoms with E-state index in [1.807, 2.05) is 19.1 Å². The zero-order valence-electron chi connectivity index (χ0n) is 8.76. The fourth-order valence-electron chi connectivity index (χ4n) is 1.32. The second-order valence-electron chi connectivity index (χ2n) is 3.37. The molecule has 0 radical (unpaired) electrons. The molecule has 2 heterocycles. The fourth-order valence-corrected chi connectivity index (χ4v) is 1.41. The highest BCUT2D eigenvalue weighted by atomic mass is 35.5. The number of pyridine rings is 1. The molecule has 1 N–H and O–H groups in total. The van der Waals surface area contributed by atoms with E-state index in [-0.39, 0.29) is 6.04 Å². The summed E-state index contributed by atoms with van der Waals surface area (Å²) in [6.45, 7) is 2.04. The molecule has 82 valence electrons. The Balaban J connectivity index is 2.08. The van der Waals surface area contributed by atoms with Gasteiger partial charge in [-0.2, -0.15) is 0 Å². The Morgan fingerprint density at radius 2 is 1.81 bits per heavy atom. The van der Waals surface area contributed by atoms with Gasteiger partial charge >= 0.3 is 0 Å². The predicted molar refractivity (Wildman–Crippen MR) is 63.3 cm³/mol. The van der Waals surface area contributed by atoms with Gasteiger partial charge in [-0.25, -0.2) is 9.97 Å². The van der Waals surface area contributed by atoms with Gasteiger partial charge in [-0.1, -0.05) is 11.6 Å². The van der Waals surface area contributed by atoms with Crippen molar-refractivity contribution < 1.29 is 0 Å². The second-order valence-corrected chi connectivity index (χ2v) is 3.81. The molecular weight excluding hydrogens is 224 g/mol. The molecule has 0 aliphatic carbocycles. The highest BCUT2D eigenvalue weighted by Gasteiger charge is 2.05. The molecule has 2 aromatic heterocycles. The molecule has 0 saturated heterocycles. The van der Waals surface area contributed by atoms with E-state index in [2.05, 4.69) is 20.3 Å². The molecular formula is C11H11ClN4. The minimum absolute atomic E-state index is 0.129. The largest absolute Gasteiger partial charge is 0.348 e. The van der Waals surface area contributed by atoms with Crippen molar-refractivity contribution >= 4 is 17.5 Å². The van der Waals surface area contributed by atoms with Crippen LogP contribution in [0.4, 0.5) is 5.95 Å². The molecule has 0 aliphatic rings. The maximum Gasteiger partial charge on any atom is 0.223 e. The summed E-state index contributed by atoms with van der Waals surface area (Å²) in [5, 5.41) is 3.71. The van der Waals surface area contributed by atoms with Crippen molar-refractivity contribution in [3.8, 4) is 0 Å². The summed E-state index contributed by atoms with van der Waals surface area (Å²) in [4.78, 5) is 12.1. The number of nitrogens with one attached hydrogen (secondary N) is 1. The fraction of sp³-hybridized carbons (Fsp3) is 0.182. The summed E-state index contributed by atoms with van der Waals surface area (Å²) in [6.07, 6.45) is 6.65. The summed E-state index contributed by atoms with van der Waals surface area (Å²) in [5.74, 6) is 0.564. The van der Waals surface area contributed by atoms with Crippen LogP contribution in [0.15, 0.2) is 36.9 Å². The van der Waals surface area contributed by atoms with Crippen molar-refractivity contribution in [2.75, 3.05) is 5.32 Å². The maximum atomic E-state index is 5.70. The molecule has 0 aliphatic heterocycles. The molecule has 0 aromatic carbocycles. The molecule has 1 unspecified atom stereocenters. The molecule has 5 heteroatoms. The summed E-state index contributed by atoms with van der Waals surface area (Å²) in [6, 6.07) is 4.03. The molecule has 2 rings (SSSR count). The van der Waals surface area contributed by atoms with Gasteiger partial charge in [0, 0.05) is 12.4 Å².